The predicted octanol–water partition coefficient (Wildman–Crippen LogP) is 3.83. The second-order valence-corrected chi connectivity index (χ2v) is 7.07. The maximum Gasteiger partial charge on any atom is 0.306 e. The van der Waals surface area contributed by atoms with E-state index in [9.17, 15) is 23.2 Å². The number of hydrogen-bond donors (Lipinski definition) is 0. The average molecular weight is 428 g/mol. The van der Waals surface area contributed by atoms with E-state index in [4.69, 9.17) is 4.74 Å². The molecule has 2 aromatic carbocycles. The Kier molecular flexibility index (Phi) is 7.23. The lowest BCUT2D eigenvalue weighted by molar-refractivity contribution is -0.142. The molecular formula is C23H22F2N2O4. The van der Waals surface area contributed by atoms with Crippen LogP contribution in [0.1, 0.15) is 42.2 Å². The number of carbonyl (C=O) groups excluding carboxylic acids is 2. The van der Waals surface area contributed by atoms with Crippen molar-refractivity contribution in [3.63, 3.8) is 0 Å². The number of halogens is 2. The van der Waals surface area contributed by atoms with Crippen molar-refractivity contribution in [1.82, 2.24) is 9.55 Å². The van der Waals surface area contributed by atoms with Gasteiger partial charge in [0.2, 0.25) is 0 Å². The number of nitrogens with zero attached hydrogens (tertiary/aromatic N) is 2. The highest BCUT2D eigenvalue weighted by Crippen LogP contribution is 2.12. The third-order valence-electron chi connectivity index (χ3n) is 4.83. The summed E-state index contributed by atoms with van der Waals surface area (Å²) in [6.45, 7) is 1.99. The van der Waals surface area contributed by atoms with Crippen LogP contribution in [0, 0.1) is 11.6 Å². The summed E-state index contributed by atoms with van der Waals surface area (Å²) in [4.78, 5) is 41.3. The van der Waals surface area contributed by atoms with Gasteiger partial charge >= 0.3 is 5.97 Å². The van der Waals surface area contributed by atoms with E-state index < -0.39 is 30.0 Å². The smallest absolute Gasteiger partial charge is 0.306 e. The quantitative estimate of drug-likeness (QED) is 0.382. The number of benzene rings is 2. The summed E-state index contributed by atoms with van der Waals surface area (Å²) in [5, 5.41) is 0. The van der Waals surface area contributed by atoms with Crippen molar-refractivity contribution in [2.75, 3.05) is 6.61 Å². The summed E-state index contributed by atoms with van der Waals surface area (Å²) >= 11 is 0. The number of aromatic nitrogens is 2. The highest BCUT2D eigenvalue weighted by Gasteiger charge is 2.15. The van der Waals surface area contributed by atoms with E-state index >= 15 is 0 Å². The number of Topliss-reactive ketones (excluding diaryl/α,β-unsaturated/α-hetero) is 1. The molecule has 3 rings (SSSR count). The lowest BCUT2D eigenvalue weighted by atomic mass is 10.1. The largest absolute Gasteiger partial charge is 0.457 e. The molecule has 0 N–H and O–H groups in total. The molecule has 0 unspecified atom stereocenters. The zero-order valence-corrected chi connectivity index (χ0v) is 17.1. The van der Waals surface area contributed by atoms with Gasteiger partial charge in [-0.2, -0.15) is 0 Å². The zero-order chi connectivity index (χ0) is 22.4. The molecular weight excluding hydrogens is 406 g/mol. The van der Waals surface area contributed by atoms with Gasteiger partial charge in [-0.3, -0.25) is 14.4 Å². The van der Waals surface area contributed by atoms with Crippen molar-refractivity contribution < 1.29 is 23.1 Å². The van der Waals surface area contributed by atoms with Crippen LogP contribution in [0.5, 0.6) is 0 Å². The van der Waals surface area contributed by atoms with Crippen molar-refractivity contribution in [3.8, 4) is 0 Å². The molecule has 1 aromatic heterocycles. The molecule has 31 heavy (non-hydrogen) atoms. The average Bonchev–Trinajstić information content (AvgIpc) is 2.77. The highest BCUT2D eigenvalue weighted by molar-refractivity contribution is 5.97. The first-order valence-corrected chi connectivity index (χ1v) is 10.0. The first-order valence-electron chi connectivity index (χ1n) is 10.0. The van der Waals surface area contributed by atoms with Crippen LogP contribution in [-0.2, 0) is 22.5 Å². The van der Waals surface area contributed by atoms with Gasteiger partial charge in [-0.15, -0.1) is 0 Å². The minimum Gasteiger partial charge on any atom is -0.457 e. The molecule has 0 fully saturated rings. The van der Waals surface area contributed by atoms with Crippen LogP contribution in [0.25, 0.3) is 11.0 Å². The van der Waals surface area contributed by atoms with Gasteiger partial charge in [0, 0.05) is 18.5 Å². The maximum atomic E-state index is 13.2. The number of fused-ring (bicyclic) bond motifs is 1. The molecule has 0 radical (unpaired) electrons. The number of rotatable bonds is 9. The Morgan fingerprint density at radius 2 is 1.87 bits per heavy atom. The van der Waals surface area contributed by atoms with Crippen LogP contribution in [0.2, 0.25) is 0 Å². The second kappa shape index (κ2) is 10.1. The van der Waals surface area contributed by atoms with Gasteiger partial charge in [-0.25, -0.2) is 13.8 Å². The molecule has 6 nitrogen and oxygen atoms in total. The normalized spacial score (nSPS) is 10.9. The van der Waals surface area contributed by atoms with E-state index in [1.54, 1.807) is 10.6 Å². The van der Waals surface area contributed by atoms with Gasteiger partial charge in [0.25, 0.3) is 5.56 Å². The molecule has 0 spiro atoms. The fraction of sp³-hybridized carbons (Fsp3) is 0.304. The Hall–Kier alpha value is -3.42. The molecule has 0 atom stereocenters. The summed E-state index contributed by atoms with van der Waals surface area (Å²) in [5.41, 5.74) is 1.30. The Morgan fingerprint density at radius 1 is 1.10 bits per heavy atom. The van der Waals surface area contributed by atoms with Crippen molar-refractivity contribution in [3.05, 3.63) is 75.7 Å². The van der Waals surface area contributed by atoms with Gasteiger partial charge in [-0.05, 0) is 36.8 Å². The summed E-state index contributed by atoms with van der Waals surface area (Å²) in [6.07, 6.45) is 1.69. The molecule has 0 aliphatic rings. The van der Waals surface area contributed by atoms with Gasteiger partial charge in [0.05, 0.1) is 17.5 Å². The van der Waals surface area contributed by atoms with Crippen LogP contribution in [0.4, 0.5) is 8.78 Å². The number of hydrogen-bond acceptors (Lipinski definition) is 5. The predicted molar refractivity (Wildman–Crippen MR) is 111 cm³/mol. The lowest BCUT2D eigenvalue weighted by Crippen LogP contribution is -2.26. The fourth-order valence-electron chi connectivity index (χ4n) is 3.14. The first-order chi connectivity index (χ1) is 14.9. The second-order valence-electron chi connectivity index (χ2n) is 7.07. The van der Waals surface area contributed by atoms with Gasteiger partial charge < -0.3 is 9.30 Å². The van der Waals surface area contributed by atoms with Gasteiger partial charge in [0.15, 0.2) is 24.0 Å². The third-order valence-corrected chi connectivity index (χ3v) is 4.83. The number of para-hydroxylation sites is 2. The van der Waals surface area contributed by atoms with Gasteiger partial charge in [-0.1, -0.05) is 25.5 Å². The van der Waals surface area contributed by atoms with E-state index in [2.05, 4.69) is 4.98 Å². The van der Waals surface area contributed by atoms with E-state index in [0.717, 1.165) is 36.6 Å². The van der Waals surface area contributed by atoms with Crippen LogP contribution >= 0.6 is 0 Å². The number of esters is 1. The number of aryl methyl sites for hydroxylation is 2. The molecule has 0 aliphatic carbocycles. The zero-order valence-electron chi connectivity index (χ0n) is 17.1. The Morgan fingerprint density at radius 3 is 2.61 bits per heavy atom. The van der Waals surface area contributed by atoms with Crippen molar-refractivity contribution in [2.45, 2.75) is 39.2 Å². The summed E-state index contributed by atoms with van der Waals surface area (Å²) in [6, 6.07) is 10.0. The molecule has 1 heterocycles. The van der Waals surface area contributed by atoms with Crippen molar-refractivity contribution in [2.24, 2.45) is 0 Å². The number of unbranched alkanes of at least 4 members (excludes halogenated alkanes) is 1. The molecule has 0 amide bonds. The van der Waals surface area contributed by atoms with Crippen molar-refractivity contribution in [1.29, 1.82) is 0 Å². The van der Waals surface area contributed by atoms with E-state index in [1.165, 1.54) is 0 Å². The highest BCUT2D eigenvalue weighted by atomic mass is 19.2. The topological polar surface area (TPSA) is 78.3 Å². The van der Waals surface area contributed by atoms with Crippen LogP contribution < -0.4 is 5.56 Å². The Labute approximate surface area is 177 Å². The molecule has 0 aliphatic heterocycles. The van der Waals surface area contributed by atoms with Crippen LogP contribution in [0.15, 0.2) is 47.3 Å². The van der Waals surface area contributed by atoms with E-state index in [0.29, 0.717) is 12.1 Å². The summed E-state index contributed by atoms with van der Waals surface area (Å²) < 4.78 is 32.8. The van der Waals surface area contributed by atoms with Crippen LogP contribution in [-0.4, -0.2) is 27.9 Å². The first kappa shape index (κ1) is 22.3. The molecule has 162 valence electrons. The molecule has 0 bridgehead atoms. The number of carbonyl (C=O) groups is 2. The lowest BCUT2D eigenvalue weighted by Gasteiger charge is -2.12. The summed E-state index contributed by atoms with van der Waals surface area (Å²) in [5.74, 6) is -3.57. The third kappa shape index (κ3) is 5.39. The van der Waals surface area contributed by atoms with E-state index in [-0.39, 0.29) is 29.7 Å². The van der Waals surface area contributed by atoms with Gasteiger partial charge in [0.1, 0.15) is 5.69 Å². The monoisotopic (exact) mass is 428 g/mol. The Bertz CT molecular complexity index is 1170. The molecule has 3 aromatic rings. The van der Waals surface area contributed by atoms with Crippen molar-refractivity contribution >= 4 is 22.8 Å². The summed E-state index contributed by atoms with van der Waals surface area (Å²) in [7, 11) is 0. The van der Waals surface area contributed by atoms with Crippen LogP contribution in [0.3, 0.4) is 0 Å². The SMILES string of the molecule is CCCCn1c(=O)c(CCC(=O)OCC(=O)c2ccc(F)c(F)c2)nc2ccccc21. The molecule has 0 saturated carbocycles. The minimum atomic E-state index is -1.15. The molecule has 0 saturated heterocycles. The standard InChI is InChI=1S/C23H22F2N2O4/c1-2-3-12-27-20-7-5-4-6-18(20)26-19(23(27)30)10-11-22(29)31-14-21(28)15-8-9-16(24)17(25)13-15/h4-9,13H,2-3,10-12,14H2,1H3. The minimum absolute atomic E-state index is 0.0635. The fourth-order valence-corrected chi connectivity index (χ4v) is 3.14. The number of ether oxygens (including phenoxy) is 1. The maximum absolute atomic E-state index is 13.2. The Balaban J connectivity index is 1.65. The van der Waals surface area contributed by atoms with E-state index in [1.807, 2.05) is 25.1 Å². The molecule has 8 heteroatoms. The number of ketones is 1.